The summed E-state index contributed by atoms with van der Waals surface area (Å²) in [4.78, 5) is 15.0. The van der Waals surface area contributed by atoms with Gasteiger partial charge in [-0.3, -0.25) is 9.10 Å². The van der Waals surface area contributed by atoms with Crippen molar-refractivity contribution in [2.24, 2.45) is 0 Å². The molecule has 3 rings (SSSR count). The topological polar surface area (TPSA) is 57.7 Å². The van der Waals surface area contributed by atoms with Gasteiger partial charge in [0, 0.05) is 13.1 Å². The van der Waals surface area contributed by atoms with Crippen LogP contribution < -0.4 is 4.31 Å². The van der Waals surface area contributed by atoms with Crippen LogP contribution in [0.1, 0.15) is 29.8 Å². The van der Waals surface area contributed by atoms with Crippen molar-refractivity contribution in [2.45, 2.75) is 25.3 Å². The van der Waals surface area contributed by atoms with Crippen LogP contribution in [0.4, 0.5) is 5.69 Å². The zero-order valence-electron chi connectivity index (χ0n) is 17.2. The lowest BCUT2D eigenvalue weighted by atomic mass is 10.1. The molecule has 156 valence electrons. The average molecular weight is 423 g/mol. The molecule has 0 atom stereocenters. The van der Waals surface area contributed by atoms with Gasteiger partial charge in [0.15, 0.2) is 0 Å². The second-order valence-corrected chi connectivity index (χ2v) is 8.67. The van der Waals surface area contributed by atoms with Gasteiger partial charge < -0.3 is 4.90 Å². The Morgan fingerprint density at radius 2 is 1.30 bits per heavy atom. The first-order chi connectivity index (χ1) is 14.5. The lowest BCUT2D eigenvalue weighted by molar-refractivity contribution is 0.0774. The highest BCUT2D eigenvalue weighted by atomic mass is 32.2. The molecule has 0 heterocycles. The predicted octanol–water partition coefficient (Wildman–Crippen LogP) is 4.56. The van der Waals surface area contributed by atoms with Gasteiger partial charge in [-0.05, 0) is 43.7 Å². The molecule has 0 radical (unpaired) electrons. The van der Waals surface area contributed by atoms with Crippen molar-refractivity contribution < 1.29 is 13.2 Å². The van der Waals surface area contributed by atoms with Crippen molar-refractivity contribution >= 4 is 21.6 Å². The normalized spacial score (nSPS) is 11.1. The molecule has 0 aliphatic heterocycles. The average Bonchev–Trinajstić information content (AvgIpc) is 2.79. The smallest absolute Gasteiger partial charge is 0.264 e. The third-order valence-corrected chi connectivity index (χ3v) is 6.73. The number of hydrogen-bond acceptors (Lipinski definition) is 3. The Kier molecular flexibility index (Phi) is 6.90. The maximum atomic E-state index is 13.6. The van der Waals surface area contributed by atoms with Crippen LogP contribution in [0.25, 0.3) is 0 Å². The highest BCUT2D eigenvalue weighted by molar-refractivity contribution is 7.92. The Morgan fingerprint density at radius 3 is 1.90 bits per heavy atom. The Balaban J connectivity index is 2.16. The lowest BCUT2D eigenvalue weighted by Gasteiger charge is -2.28. The van der Waals surface area contributed by atoms with Gasteiger partial charge in [-0.2, -0.15) is 0 Å². The summed E-state index contributed by atoms with van der Waals surface area (Å²) in [6, 6.07) is 24.6. The minimum Gasteiger partial charge on any atom is -0.339 e. The predicted molar refractivity (Wildman–Crippen MR) is 120 cm³/mol. The zero-order chi connectivity index (χ0) is 21.6. The summed E-state index contributed by atoms with van der Waals surface area (Å²) in [6.07, 6.45) is 0. The van der Waals surface area contributed by atoms with Gasteiger partial charge in [0.1, 0.15) is 0 Å². The minimum atomic E-state index is -3.88. The molecule has 5 nitrogen and oxygen atoms in total. The van der Waals surface area contributed by atoms with E-state index in [4.69, 9.17) is 0 Å². The Labute approximate surface area is 178 Å². The molecule has 30 heavy (non-hydrogen) atoms. The summed E-state index contributed by atoms with van der Waals surface area (Å²) >= 11 is 0. The Morgan fingerprint density at radius 1 is 0.767 bits per heavy atom. The molecule has 0 bridgehead atoms. The van der Waals surface area contributed by atoms with E-state index in [1.807, 2.05) is 44.2 Å². The number of anilines is 1. The maximum Gasteiger partial charge on any atom is 0.264 e. The maximum absolute atomic E-state index is 13.6. The summed E-state index contributed by atoms with van der Waals surface area (Å²) in [7, 11) is -3.88. The molecule has 0 N–H and O–H groups in total. The number of hydrogen-bond donors (Lipinski definition) is 0. The van der Waals surface area contributed by atoms with E-state index in [0.717, 1.165) is 5.56 Å². The highest BCUT2D eigenvalue weighted by Crippen LogP contribution is 2.30. The molecule has 0 spiro atoms. The van der Waals surface area contributed by atoms with Crippen LogP contribution in [0, 0.1) is 0 Å². The Hall–Kier alpha value is -3.12. The van der Waals surface area contributed by atoms with Crippen LogP contribution in [-0.2, 0) is 16.6 Å². The van der Waals surface area contributed by atoms with E-state index in [1.165, 1.54) is 4.31 Å². The fraction of sp³-hybridized carbons (Fsp3) is 0.208. The number of carbonyl (C=O) groups is 1. The summed E-state index contributed by atoms with van der Waals surface area (Å²) in [5, 5.41) is 0. The first-order valence-electron chi connectivity index (χ1n) is 9.99. The molecule has 0 aromatic heterocycles. The third kappa shape index (κ3) is 4.54. The van der Waals surface area contributed by atoms with Crippen LogP contribution >= 0.6 is 0 Å². The number of para-hydroxylation sites is 1. The van der Waals surface area contributed by atoms with E-state index < -0.39 is 10.0 Å². The standard InChI is InChI=1S/C24H26N2O3S/c1-3-25(4-2)24(27)22-17-11-12-18-23(22)26(19-20-13-7-5-8-14-20)30(28,29)21-15-9-6-10-16-21/h5-18H,3-4,19H2,1-2H3. The minimum absolute atomic E-state index is 0.126. The van der Waals surface area contributed by atoms with Crippen molar-refractivity contribution in [1.82, 2.24) is 4.90 Å². The van der Waals surface area contributed by atoms with E-state index >= 15 is 0 Å². The quantitative estimate of drug-likeness (QED) is 0.535. The number of nitrogens with zero attached hydrogens (tertiary/aromatic N) is 2. The first kappa shape index (κ1) is 21.6. The van der Waals surface area contributed by atoms with Gasteiger partial charge in [0.25, 0.3) is 15.9 Å². The van der Waals surface area contributed by atoms with Crippen LogP contribution in [0.3, 0.4) is 0 Å². The zero-order valence-corrected chi connectivity index (χ0v) is 18.0. The van der Waals surface area contributed by atoms with Crippen LogP contribution in [-0.4, -0.2) is 32.3 Å². The highest BCUT2D eigenvalue weighted by Gasteiger charge is 2.29. The molecule has 0 saturated carbocycles. The van der Waals surface area contributed by atoms with Crippen LogP contribution in [0.15, 0.2) is 89.8 Å². The van der Waals surface area contributed by atoms with Crippen molar-refractivity contribution in [3.8, 4) is 0 Å². The van der Waals surface area contributed by atoms with Gasteiger partial charge in [-0.1, -0.05) is 60.7 Å². The first-order valence-corrected chi connectivity index (χ1v) is 11.4. The van der Waals surface area contributed by atoms with Gasteiger partial charge in [-0.25, -0.2) is 8.42 Å². The van der Waals surface area contributed by atoms with E-state index in [1.54, 1.807) is 59.5 Å². The molecule has 6 heteroatoms. The molecule has 3 aromatic carbocycles. The Bertz CT molecular complexity index is 1080. The second-order valence-electron chi connectivity index (χ2n) is 6.80. The molecular weight excluding hydrogens is 396 g/mol. The summed E-state index contributed by atoms with van der Waals surface area (Å²) in [5.74, 6) is -0.183. The van der Waals surface area contributed by atoms with Gasteiger partial charge in [0.05, 0.1) is 22.7 Å². The van der Waals surface area contributed by atoms with Crippen molar-refractivity contribution in [3.63, 3.8) is 0 Å². The van der Waals surface area contributed by atoms with E-state index in [2.05, 4.69) is 0 Å². The van der Waals surface area contributed by atoms with Gasteiger partial charge in [0.2, 0.25) is 0 Å². The van der Waals surface area contributed by atoms with Gasteiger partial charge >= 0.3 is 0 Å². The van der Waals surface area contributed by atoms with E-state index in [0.29, 0.717) is 24.3 Å². The van der Waals surface area contributed by atoms with Crippen LogP contribution in [0.2, 0.25) is 0 Å². The molecular formula is C24H26N2O3S. The molecule has 0 aliphatic rings. The number of benzene rings is 3. The summed E-state index contributed by atoms with van der Waals surface area (Å²) in [5.41, 5.74) is 1.58. The molecule has 0 fully saturated rings. The fourth-order valence-corrected chi connectivity index (χ4v) is 4.81. The molecule has 0 saturated heterocycles. The van der Waals surface area contributed by atoms with Crippen molar-refractivity contribution in [1.29, 1.82) is 0 Å². The number of carbonyl (C=O) groups excluding carboxylic acids is 1. The SMILES string of the molecule is CCN(CC)C(=O)c1ccccc1N(Cc1ccccc1)S(=O)(=O)c1ccccc1. The summed E-state index contributed by atoms with van der Waals surface area (Å²) in [6.45, 7) is 5.04. The number of rotatable bonds is 8. The number of amides is 1. The second kappa shape index (κ2) is 9.59. The van der Waals surface area contributed by atoms with Gasteiger partial charge in [-0.15, -0.1) is 0 Å². The van der Waals surface area contributed by atoms with E-state index in [9.17, 15) is 13.2 Å². The summed E-state index contributed by atoms with van der Waals surface area (Å²) < 4.78 is 28.6. The van der Waals surface area contributed by atoms with Crippen LogP contribution in [0.5, 0.6) is 0 Å². The molecule has 3 aromatic rings. The number of sulfonamides is 1. The van der Waals surface area contributed by atoms with E-state index in [-0.39, 0.29) is 17.3 Å². The van der Waals surface area contributed by atoms with Crippen molar-refractivity contribution in [2.75, 3.05) is 17.4 Å². The van der Waals surface area contributed by atoms with Crippen molar-refractivity contribution in [3.05, 3.63) is 96.1 Å². The largest absolute Gasteiger partial charge is 0.339 e. The molecule has 0 aliphatic carbocycles. The fourth-order valence-electron chi connectivity index (χ4n) is 3.32. The third-order valence-electron chi connectivity index (χ3n) is 4.95. The lowest BCUT2D eigenvalue weighted by Crippen LogP contribution is -2.35. The molecule has 1 amide bonds. The molecule has 0 unspecified atom stereocenters. The monoisotopic (exact) mass is 422 g/mol.